The highest BCUT2D eigenvalue weighted by Gasteiger charge is 2.23. The molecule has 0 unspecified atom stereocenters. The number of hydrogen-bond donors (Lipinski definition) is 1. The van der Waals surface area contributed by atoms with Crippen molar-refractivity contribution in [1.82, 2.24) is 0 Å². The predicted octanol–water partition coefficient (Wildman–Crippen LogP) is 13.3. The van der Waals surface area contributed by atoms with Crippen LogP contribution in [0.3, 0.4) is 0 Å². The number of fused-ring (bicyclic) bond motifs is 5. The Morgan fingerprint density at radius 2 is 1.24 bits per heavy atom. The van der Waals surface area contributed by atoms with E-state index in [4.69, 9.17) is 4.99 Å². The number of nitrogens with zero attached hydrogens (tertiary/aromatic N) is 2. The number of nitrogens with one attached hydrogen (secondary N) is 1. The molecule has 0 aliphatic carbocycles. The summed E-state index contributed by atoms with van der Waals surface area (Å²) in [4.78, 5) is 9.40. The Hall–Kier alpha value is -6.84. The maximum Gasteiger partial charge on any atom is 0.154 e. The molecule has 7 aromatic rings. The Bertz CT molecular complexity index is 2610. The molecule has 0 aromatic heterocycles. The van der Waals surface area contributed by atoms with Crippen LogP contribution in [0.5, 0.6) is 0 Å². The summed E-state index contributed by atoms with van der Waals surface area (Å²) in [6.07, 6.45) is 10.5. The molecule has 0 atom stereocenters. The van der Waals surface area contributed by atoms with Crippen LogP contribution >= 0.6 is 0 Å². The first-order chi connectivity index (χ1) is 26.6. The Labute approximate surface area is 318 Å². The first-order valence-corrected chi connectivity index (χ1v) is 18.4. The Balaban J connectivity index is 1.44. The predicted molar refractivity (Wildman–Crippen MR) is 232 cm³/mol. The molecule has 0 saturated carbocycles. The Morgan fingerprint density at radius 1 is 0.574 bits per heavy atom. The fraction of sp³-hybridized carbons (Fsp3) is 0.0588. The summed E-state index contributed by atoms with van der Waals surface area (Å²) >= 11 is 0. The average Bonchev–Trinajstić information content (AvgIpc) is 3.26. The van der Waals surface area contributed by atoms with E-state index in [0.29, 0.717) is 12.4 Å². The van der Waals surface area contributed by atoms with Gasteiger partial charge in [0.15, 0.2) is 5.84 Å². The molecule has 0 radical (unpaired) electrons. The van der Waals surface area contributed by atoms with Gasteiger partial charge in [0, 0.05) is 23.0 Å². The summed E-state index contributed by atoms with van der Waals surface area (Å²) in [7, 11) is 0. The highest BCUT2D eigenvalue weighted by Crippen LogP contribution is 2.47. The third-order valence-corrected chi connectivity index (χ3v) is 10.3. The van der Waals surface area contributed by atoms with Crippen molar-refractivity contribution in [1.29, 1.82) is 0 Å². The van der Waals surface area contributed by atoms with E-state index in [2.05, 4.69) is 183 Å². The van der Waals surface area contributed by atoms with Gasteiger partial charge in [0.1, 0.15) is 0 Å². The number of amidine groups is 1. The van der Waals surface area contributed by atoms with Crippen molar-refractivity contribution in [2.45, 2.75) is 20.4 Å². The van der Waals surface area contributed by atoms with Crippen LogP contribution in [0.4, 0.5) is 5.69 Å². The first kappa shape index (κ1) is 34.3. The molecule has 0 saturated heterocycles. The summed E-state index contributed by atoms with van der Waals surface area (Å²) in [6.45, 7) is 8.98. The van der Waals surface area contributed by atoms with Gasteiger partial charge in [0.2, 0.25) is 0 Å². The van der Waals surface area contributed by atoms with E-state index in [9.17, 15) is 0 Å². The summed E-state index contributed by atoms with van der Waals surface area (Å²) in [6, 6.07) is 53.8. The number of aryl methyl sites for hydroxylation is 1. The Morgan fingerprint density at radius 3 is 1.98 bits per heavy atom. The molecule has 8 rings (SSSR count). The van der Waals surface area contributed by atoms with Crippen molar-refractivity contribution in [2.24, 2.45) is 9.98 Å². The molecular weight excluding hydrogens is 655 g/mol. The van der Waals surface area contributed by atoms with Crippen LogP contribution < -0.4 is 5.32 Å². The summed E-state index contributed by atoms with van der Waals surface area (Å²) in [5.74, 6) is 0.589. The van der Waals surface area contributed by atoms with Crippen LogP contribution in [-0.4, -0.2) is 12.6 Å². The largest absolute Gasteiger partial charge is 0.361 e. The minimum Gasteiger partial charge on any atom is -0.361 e. The number of benzene rings is 7. The molecular formula is C51H41N3. The van der Waals surface area contributed by atoms with Crippen molar-refractivity contribution in [2.75, 3.05) is 5.32 Å². The lowest BCUT2D eigenvalue weighted by Crippen LogP contribution is -2.01. The molecule has 3 nitrogen and oxygen atoms in total. The second kappa shape index (κ2) is 15.4. The van der Waals surface area contributed by atoms with Gasteiger partial charge in [-0.1, -0.05) is 152 Å². The fourth-order valence-electron chi connectivity index (χ4n) is 7.61. The van der Waals surface area contributed by atoms with Gasteiger partial charge in [0.05, 0.1) is 6.54 Å². The number of hydrogen-bond acceptors (Lipinski definition) is 2. The van der Waals surface area contributed by atoms with Gasteiger partial charge in [0.25, 0.3) is 0 Å². The number of allylic oxidation sites excluding steroid dienone is 2. The van der Waals surface area contributed by atoms with Crippen LogP contribution in [0.25, 0.3) is 61.4 Å². The quantitative estimate of drug-likeness (QED) is 0.136. The minimum absolute atomic E-state index is 0.507. The average molecular weight is 696 g/mol. The van der Waals surface area contributed by atoms with Gasteiger partial charge in [-0.2, -0.15) is 0 Å². The topological polar surface area (TPSA) is 36.8 Å². The van der Waals surface area contributed by atoms with Crippen LogP contribution in [0, 0.1) is 13.8 Å². The zero-order valence-corrected chi connectivity index (χ0v) is 30.6. The monoisotopic (exact) mass is 695 g/mol. The SMILES string of the molecule is C=NC(=NCc1ccccc1)C1=C/C=C/Nc2ccc(-c3ccccc3)cc2-c2c(c(-c3cccc(-c4ccccc4)c3C)c(C)c3ccccc23)/C=C\1. The molecule has 54 heavy (non-hydrogen) atoms. The van der Waals surface area contributed by atoms with Crippen molar-refractivity contribution in [3.05, 3.63) is 204 Å². The van der Waals surface area contributed by atoms with Crippen LogP contribution in [0.1, 0.15) is 22.3 Å². The molecule has 1 heterocycles. The van der Waals surface area contributed by atoms with Crippen LogP contribution in [0.2, 0.25) is 0 Å². The standard InChI is InChI=1S/C51H41N3/c1-35-42(39-21-11-6-12-22-39)26-15-27-44(35)49-36(2)43-24-13-14-25-45(43)50-46(49)30-28-40(51(52-3)54-34-37-17-7-4-8-18-37)23-16-32-53-48-31-29-41(33-47(48)50)38-19-9-5-10-20-38/h4-33,53H,3,34H2,1-2H3/b30-28-,32-16+,40-23+,54-51?. The lowest BCUT2D eigenvalue weighted by atomic mass is 9.80. The molecule has 3 heteroatoms. The highest BCUT2D eigenvalue weighted by atomic mass is 14.9. The fourth-order valence-corrected chi connectivity index (χ4v) is 7.61. The zero-order chi connectivity index (χ0) is 36.9. The van der Waals surface area contributed by atoms with E-state index in [1.54, 1.807) is 0 Å². The van der Waals surface area contributed by atoms with E-state index >= 15 is 0 Å². The third-order valence-electron chi connectivity index (χ3n) is 10.3. The number of anilines is 1. The van der Waals surface area contributed by atoms with Gasteiger partial charge in [-0.25, -0.2) is 4.99 Å². The van der Waals surface area contributed by atoms with Gasteiger partial charge < -0.3 is 5.32 Å². The van der Waals surface area contributed by atoms with Gasteiger partial charge in [-0.15, -0.1) is 0 Å². The smallest absolute Gasteiger partial charge is 0.154 e. The van der Waals surface area contributed by atoms with Gasteiger partial charge in [-0.3, -0.25) is 4.99 Å². The maximum absolute atomic E-state index is 4.95. The molecule has 7 aromatic carbocycles. The van der Waals surface area contributed by atoms with Gasteiger partial charge >= 0.3 is 0 Å². The van der Waals surface area contributed by atoms with E-state index in [1.807, 2.05) is 30.5 Å². The van der Waals surface area contributed by atoms with Crippen LogP contribution in [-0.2, 0) is 6.54 Å². The summed E-state index contributed by atoms with van der Waals surface area (Å²) in [5.41, 5.74) is 16.0. The summed E-state index contributed by atoms with van der Waals surface area (Å²) in [5, 5.41) is 6.07. The minimum atomic E-state index is 0.507. The van der Waals surface area contributed by atoms with Crippen molar-refractivity contribution < 1.29 is 0 Å². The van der Waals surface area contributed by atoms with Crippen molar-refractivity contribution in [3.63, 3.8) is 0 Å². The lowest BCUT2D eigenvalue weighted by molar-refractivity contribution is 1.06. The van der Waals surface area contributed by atoms with Crippen molar-refractivity contribution >= 4 is 35.1 Å². The van der Waals surface area contributed by atoms with E-state index in [0.717, 1.165) is 39.1 Å². The van der Waals surface area contributed by atoms with Gasteiger partial charge in [-0.05, 0) is 117 Å². The maximum atomic E-state index is 4.95. The molecule has 0 spiro atoms. The summed E-state index contributed by atoms with van der Waals surface area (Å²) < 4.78 is 0. The molecule has 0 amide bonds. The third kappa shape index (κ3) is 6.76. The molecule has 1 N–H and O–H groups in total. The second-order valence-electron chi connectivity index (χ2n) is 13.5. The molecule has 0 fully saturated rings. The molecule has 0 bridgehead atoms. The van der Waals surface area contributed by atoms with Crippen LogP contribution in [0.15, 0.2) is 192 Å². The Kier molecular flexibility index (Phi) is 9.78. The van der Waals surface area contributed by atoms with Crippen molar-refractivity contribution in [3.8, 4) is 44.5 Å². The zero-order valence-electron chi connectivity index (χ0n) is 30.6. The van der Waals surface area contributed by atoms with E-state index in [1.165, 1.54) is 49.7 Å². The normalized spacial score (nSPS) is 14.8. The van der Waals surface area contributed by atoms with E-state index in [-0.39, 0.29) is 0 Å². The molecule has 1 aliphatic rings. The number of aliphatic imine (C=N–C) groups is 2. The molecule has 260 valence electrons. The number of rotatable bonds is 6. The lowest BCUT2D eigenvalue weighted by Gasteiger charge is -2.24. The molecule has 1 aliphatic heterocycles. The highest BCUT2D eigenvalue weighted by molar-refractivity contribution is 6.11. The first-order valence-electron chi connectivity index (χ1n) is 18.4. The second-order valence-corrected chi connectivity index (χ2v) is 13.5. The van der Waals surface area contributed by atoms with E-state index < -0.39 is 0 Å².